The molecule has 6 heteroatoms. The number of carbonyl (C=O) groups excluding carboxylic acids is 2. The van der Waals surface area contributed by atoms with E-state index in [1.807, 2.05) is 61.5 Å². The van der Waals surface area contributed by atoms with E-state index in [1.165, 1.54) is 16.2 Å². The van der Waals surface area contributed by atoms with Crippen molar-refractivity contribution in [2.45, 2.75) is 40.0 Å². The first kappa shape index (κ1) is 23.2. The third-order valence-corrected chi connectivity index (χ3v) is 7.70. The number of nitrogens with one attached hydrogen (secondary N) is 1. The second-order valence-electron chi connectivity index (χ2n) is 9.17. The number of aryl methyl sites for hydroxylation is 1. The first-order chi connectivity index (χ1) is 16.9. The Morgan fingerprint density at radius 3 is 2.69 bits per heavy atom. The number of thiophene rings is 1. The molecule has 5 nitrogen and oxygen atoms in total. The van der Waals surface area contributed by atoms with Crippen LogP contribution in [0.5, 0.6) is 0 Å². The number of anilines is 1. The highest BCUT2D eigenvalue weighted by Gasteiger charge is 2.29. The Hall–Kier alpha value is -3.51. The summed E-state index contributed by atoms with van der Waals surface area (Å²) in [6.45, 7) is 6.36. The molecule has 1 atom stereocenters. The molecule has 2 aromatic heterocycles. The summed E-state index contributed by atoms with van der Waals surface area (Å²) in [5, 5.41) is 4.42. The monoisotopic (exact) mass is 484 g/mol. The molecule has 178 valence electrons. The predicted molar refractivity (Wildman–Crippen MR) is 141 cm³/mol. The number of fused-ring (bicyclic) bond motifs is 2. The number of hydrogen-bond acceptors (Lipinski definition) is 5. The minimum absolute atomic E-state index is 0.255. The van der Waals surface area contributed by atoms with E-state index in [0.717, 1.165) is 52.5 Å². The molecule has 0 bridgehead atoms. The fourth-order valence-electron chi connectivity index (χ4n) is 4.66. The minimum Gasteiger partial charge on any atom is -0.462 e. The van der Waals surface area contributed by atoms with Crippen molar-refractivity contribution in [3.63, 3.8) is 0 Å². The van der Waals surface area contributed by atoms with Crippen LogP contribution in [-0.2, 0) is 17.6 Å². The van der Waals surface area contributed by atoms with Crippen LogP contribution in [0, 0.1) is 12.8 Å². The van der Waals surface area contributed by atoms with Crippen molar-refractivity contribution in [3.8, 4) is 11.3 Å². The Labute approximate surface area is 209 Å². The van der Waals surface area contributed by atoms with E-state index in [4.69, 9.17) is 9.72 Å². The number of pyridine rings is 1. The van der Waals surface area contributed by atoms with Gasteiger partial charge in [-0.05, 0) is 56.7 Å². The molecule has 1 aliphatic rings. The average molecular weight is 485 g/mol. The summed E-state index contributed by atoms with van der Waals surface area (Å²) in [5.74, 6) is -0.0649. The van der Waals surface area contributed by atoms with Crippen molar-refractivity contribution >= 4 is 39.1 Å². The summed E-state index contributed by atoms with van der Waals surface area (Å²) in [6.07, 6.45) is 2.77. The van der Waals surface area contributed by atoms with E-state index in [0.29, 0.717) is 28.7 Å². The molecule has 0 aliphatic heterocycles. The van der Waals surface area contributed by atoms with Crippen LogP contribution in [0.15, 0.2) is 54.6 Å². The fourth-order valence-corrected chi connectivity index (χ4v) is 6.06. The standard InChI is InChI=1S/C29H28N2O3S/c1-4-34-29(33)26-21-14-11-18(3)15-25(21)35-28(26)31-27(32)22-16-24(19-12-9-17(2)10-13-19)30-23-8-6-5-7-20(22)23/h5-10,12-13,16,18H,4,11,14-15H2,1-3H3,(H,31,32)/t18-/m1/s1. The highest BCUT2D eigenvalue weighted by Crippen LogP contribution is 2.40. The zero-order chi connectivity index (χ0) is 24.5. The van der Waals surface area contributed by atoms with E-state index < -0.39 is 0 Å². The second kappa shape index (κ2) is 9.62. The van der Waals surface area contributed by atoms with E-state index >= 15 is 0 Å². The van der Waals surface area contributed by atoms with E-state index in [-0.39, 0.29) is 11.9 Å². The summed E-state index contributed by atoms with van der Waals surface area (Å²) in [5.41, 5.74) is 5.67. The molecule has 0 saturated heterocycles. The summed E-state index contributed by atoms with van der Waals surface area (Å²) < 4.78 is 5.37. The SMILES string of the molecule is CCOC(=O)c1c(NC(=O)c2cc(-c3ccc(C)cc3)nc3ccccc23)sc2c1CC[C@@H](C)C2. The normalized spacial score (nSPS) is 15.0. The Bertz CT molecular complexity index is 1420. The lowest BCUT2D eigenvalue weighted by Gasteiger charge is -2.18. The maximum atomic E-state index is 13.7. The predicted octanol–water partition coefficient (Wildman–Crippen LogP) is 6.83. The molecule has 0 saturated carbocycles. The zero-order valence-electron chi connectivity index (χ0n) is 20.2. The number of ether oxygens (including phenoxy) is 1. The molecule has 1 aliphatic carbocycles. The highest BCUT2D eigenvalue weighted by molar-refractivity contribution is 7.17. The van der Waals surface area contributed by atoms with Crippen molar-refractivity contribution in [1.29, 1.82) is 0 Å². The summed E-state index contributed by atoms with van der Waals surface area (Å²) in [7, 11) is 0. The molecule has 0 radical (unpaired) electrons. The van der Waals surface area contributed by atoms with Gasteiger partial charge in [-0.15, -0.1) is 11.3 Å². The van der Waals surface area contributed by atoms with Crippen molar-refractivity contribution in [2.24, 2.45) is 5.92 Å². The van der Waals surface area contributed by atoms with Crippen molar-refractivity contribution in [1.82, 2.24) is 4.98 Å². The van der Waals surface area contributed by atoms with Crippen LogP contribution >= 0.6 is 11.3 Å². The number of aromatic nitrogens is 1. The second-order valence-corrected chi connectivity index (χ2v) is 10.3. The first-order valence-electron chi connectivity index (χ1n) is 12.0. The van der Waals surface area contributed by atoms with Gasteiger partial charge in [0, 0.05) is 15.8 Å². The van der Waals surface area contributed by atoms with Gasteiger partial charge >= 0.3 is 5.97 Å². The topological polar surface area (TPSA) is 68.3 Å². The molecule has 1 N–H and O–H groups in total. The minimum atomic E-state index is -0.366. The van der Waals surface area contributed by atoms with Gasteiger partial charge in [0.15, 0.2) is 0 Å². The third kappa shape index (κ3) is 4.58. The van der Waals surface area contributed by atoms with Crippen LogP contribution in [0.3, 0.4) is 0 Å². The van der Waals surface area contributed by atoms with Crippen LogP contribution in [-0.4, -0.2) is 23.5 Å². The lowest BCUT2D eigenvalue weighted by atomic mass is 9.88. The van der Waals surface area contributed by atoms with E-state index in [2.05, 4.69) is 12.2 Å². The summed E-state index contributed by atoms with van der Waals surface area (Å²) in [6, 6.07) is 17.6. The Morgan fingerprint density at radius 1 is 1.14 bits per heavy atom. The number of nitrogens with zero attached hydrogens (tertiary/aromatic N) is 1. The van der Waals surface area contributed by atoms with Crippen LogP contribution in [0.2, 0.25) is 0 Å². The Balaban J connectivity index is 1.57. The number of esters is 1. The van der Waals surface area contributed by atoms with Crippen molar-refractivity contribution in [3.05, 3.63) is 81.7 Å². The lowest BCUT2D eigenvalue weighted by molar-refractivity contribution is 0.0526. The quantitative estimate of drug-likeness (QED) is 0.315. The molecule has 5 rings (SSSR count). The maximum absolute atomic E-state index is 13.7. The van der Waals surface area contributed by atoms with Gasteiger partial charge in [0.2, 0.25) is 0 Å². The molecule has 35 heavy (non-hydrogen) atoms. The van der Waals surface area contributed by atoms with Gasteiger partial charge in [0.05, 0.1) is 28.9 Å². The molecule has 2 aromatic carbocycles. The molecule has 0 spiro atoms. The van der Waals surface area contributed by atoms with E-state index in [9.17, 15) is 9.59 Å². The largest absolute Gasteiger partial charge is 0.462 e. The van der Waals surface area contributed by atoms with Crippen LogP contribution < -0.4 is 5.32 Å². The van der Waals surface area contributed by atoms with Gasteiger partial charge in [-0.2, -0.15) is 0 Å². The fraction of sp³-hybridized carbons (Fsp3) is 0.276. The van der Waals surface area contributed by atoms with Gasteiger partial charge in [-0.1, -0.05) is 55.0 Å². The third-order valence-electron chi connectivity index (χ3n) is 6.53. The Kier molecular flexibility index (Phi) is 6.39. The number of benzene rings is 2. The van der Waals surface area contributed by atoms with Crippen LogP contribution in [0.1, 0.15) is 57.0 Å². The number of rotatable bonds is 5. The molecule has 4 aromatic rings. The molecule has 1 amide bonds. The molecule has 0 fully saturated rings. The number of carbonyl (C=O) groups is 2. The smallest absolute Gasteiger partial charge is 0.341 e. The van der Waals surface area contributed by atoms with Gasteiger partial charge in [0.25, 0.3) is 5.91 Å². The van der Waals surface area contributed by atoms with Gasteiger partial charge in [-0.25, -0.2) is 9.78 Å². The van der Waals surface area contributed by atoms with Crippen molar-refractivity contribution in [2.75, 3.05) is 11.9 Å². The maximum Gasteiger partial charge on any atom is 0.341 e. The highest BCUT2D eigenvalue weighted by atomic mass is 32.1. The number of hydrogen-bond donors (Lipinski definition) is 1. The van der Waals surface area contributed by atoms with Crippen LogP contribution in [0.4, 0.5) is 5.00 Å². The zero-order valence-corrected chi connectivity index (χ0v) is 21.0. The van der Waals surface area contributed by atoms with Crippen molar-refractivity contribution < 1.29 is 14.3 Å². The van der Waals surface area contributed by atoms with Gasteiger partial charge in [0.1, 0.15) is 5.00 Å². The molecular weight excluding hydrogens is 456 g/mol. The van der Waals surface area contributed by atoms with Gasteiger partial charge in [-0.3, -0.25) is 4.79 Å². The average Bonchev–Trinajstić information content (AvgIpc) is 3.20. The summed E-state index contributed by atoms with van der Waals surface area (Å²) >= 11 is 1.50. The van der Waals surface area contributed by atoms with Crippen LogP contribution in [0.25, 0.3) is 22.2 Å². The number of amides is 1. The molecule has 2 heterocycles. The number of para-hydroxylation sites is 1. The first-order valence-corrected chi connectivity index (χ1v) is 12.9. The van der Waals surface area contributed by atoms with E-state index in [1.54, 1.807) is 6.92 Å². The molecule has 0 unspecified atom stereocenters. The molecular formula is C29H28N2O3S. The lowest BCUT2D eigenvalue weighted by Crippen LogP contribution is -2.17. The summed E-state index contributed by atoms with van der Waals surface area (Å²) in [4.78, 5) is 32.6. The van der Waals surface area contributed by atoms with Gasteiger partial charge < -0.3 is 10.1 Å². The Morgan fingerprint density at radius 2 is 1.91 bits per heavy atom.